The highest BCUT2D eigenvalue weighted by molar-refractivity contribution is 6.02. The Kier molecular flexibility index (Phi) is 8.52. The van der Waals surface area contributed by atoms with Gasteiger partial charge in [0.25, 0.3) is 0 Å². The molecule has 0 spiro atoms. The summed E-state index contributed by atoms with van der Waals surface area (Å²) in [7, 11) is 0. The third-order valence-corrected chi connectivity index (χ3v) is 13.6. The molecule has 0 saturated carbocycles. The molecule has 7 aromatic rings. The molecule has 0 amide bonds. The smallest absolute Gasteiger partial charge is 0.138 e. The number of ether oxygens (including phenoxy) is 1. The van der Waals surface area contributed by atoms with Crippen molar-refractivity contribution >= 4 is 22.0 Å². The second kappa shape index (κ2) is 14.5. The van der Waals surface area contributed by atoms with E-state index >= 15 is 0 Å². The van der Waals surface area contributed by atoms with Crippen LogP contribution in [0, 0.1) is 0 Å². The number of anilines is 1. The van der Waals surface area contributed by atoms with E-state index in [1.54, 1.807) is 0 Å². The number of allylic oxidation sites excluding steroid dienone is 10. The van der Waals surface area contributed by atoms with Gasteiger partial charge in [0.1, 0.15) is 11.5 Å². The molecule has 1 heterocycles. The monoisotopic (exact) mass is 783 g/mol. The number of benzene rings is 7. The van der Waals surface area contributed by atoms with Gasteiger partial charge in [-0.2, -0.15) is 0 Å². The normalized spacial score (nSPS) is 20.7. The lowest BCUT2D eigenvalue weighted by Crippen LogP contribution is -2.40. The van der Waals surface area contributed by atoms with E-state index in [0.717, 1.165) is 42.6 Å². The summed E-state index contributed by atoms with van der Waals surface area (Å²) in [6.45, 7) is 0. The fourth-order valence-electron chi connectivity index (χ4n) is 11.1. The predicted molar refractivity (Wildman–Crippen MR) is 253 cm³/mol. The van der Waals surface area contributed by atoms with E-state index in [0.29, 0.717) is 0 Å². The van der Waals surface area contributed by atoms with Gasteiger partial charge in [-0.25, -0.2) is 0 Å². The molecule has 0 N–H and O–H groups in total. The summed E-state index contributed by atoms with van der Waals surface area (Å²) in [6, 6.07) is 60.7. The van der Waals surface area contributed by atoms with E-state index in [1.807, 2.05) is 0 Å². The summed E-state index contributed by atoms with van der Waals surface area (Å²) in [5.74, 6) is 1.95. The van der Waals surface area contributed by atoms with Crippen molar-refractivity contribution in [3.8, 4) is 28.0 Å². The summed E-state index contributed by atoms with van der Waals surface area (Å²) in [4.78, 5) is 2.69. The molecule has 5 aliphatic rings. The molecule has 0 bridgehead atoms. The minimum Gasteiger partial charge on any atom is -0.460 e. The van der Waals surface area contributed by atoms with Crippen molar-refractivity contribution in [2.75, 3.05) is 4.90 Å². The van der Waals surface area contributed by atoms with Crippen LogP contribution in [0.3, 0.4) is 0 Å². The van der Waals surface area contributed by atoms with Gasteiger partial charge in [0.15, 0.2) is 0 Å². The van der Waals surface area contributed by atoms with Crippen LogP contribution in [-0.4, -0.2) is 6.04 Å². The Labute approximate surface area is 358 Å². The summed E-state index contributed by atoms with van der Waals surface area (Å²) in [6.07, 6.45) is 22.8. The quantitative estimate of drug-likeness (QED) is 0.160. The van der Waals surface area contributed by atoms with Gasteiger partial charge in [-0.1, -0.05) is 188 Å². The average molecular weight is 784 g/mol. The summed E-state index contributed by atoms with van der Waals surface area (Å²) >= 11 is 0. The maximum absolute atomic E-state index is 7.05. The van der Waals surface area contributed by atoms with Gasteiger partial charge in [-0.3, -0.25) is 0 Å². The lowest BCUT2D eigenvalue weighted by atomic mass is 9.66. The molecule has 4 aliphatic carbocycles. The van der Waals surface area contributed by atoms with Crippen molar-refractivity contribution in [1.82, 2.24) is 0 Å². The molecule has 3 unspecified atom stereocenters. The molecule has 292 valence electrons. The zero-order valence-corrected chi connectivity index (χ0v) is 34.0. The third kappa shape index (κ3) is 5.55. The molecule has 3 atom stereocenters. The zero-order valence-electron chi connectivity index (χ0n) is 34.0. The van der Waals surface area contributed by atoms with E-state index in [9.17, 15) is 0 Å². The van der Waals surface area contributed by atoms with E-state index in [4.69, 9.17) is 4.74 Å². The first kappa shape index (κ1) is 35.8. The van der Waals surface area contributed by atoms with E-state index in [2.05, 4.69) is 217 Å². The highest BCUT2D eigenvalue weighted by atomic mass is 16.5. The molecule has 7 aromatic carbocycles. The van der Waals surface area contributed by atoms with Gasteiger partial charge in [-0.05, 0) is 105 Å². The molecule has 0 fully saturated rings. The van der Waals surface area contributed by atoms with Gasteiger partial charge in [0, 0.05) is 27.9 Å². The van der Waals surface area contributed by atoms with Crippen LogP contribution in [0.2, 0.25) is 0 Å². The lowest BCUT2D eigenvalue weighted by Gasteiger charge is -2.41. The van der Waals surface area contributed by atoms with Crippen LogP contribution in [0.5, 0.6) is 5.75 Å². The maximum Gasteiger partial charge on any atom is 0.138 e. The number of rotatable bonds is 7. The van der Waals surface area contributed by atoms with Crippen LogP contribution in [0.25, 0.3) is 38.6 Å². The van der Waals surface area contributed by atoms with Crippen LogP contribution in [-0.2, 0) is 5.41 Å². The van der Waals surface area contributed by atoms with Crippen LogP contribution < -0.4 is 9.64 Å². The third-order valence-electron chi connectivity index (χ3n) is 13.6. The average Bonchev–Trinajstić information content (AvgIpc) is 3.87. The van der Waals surface area contributed by atoms with Crippen molar-refractivity contribution in [2.24, 2.45) is 0 Å². The Bertz CT molecular complexity index is 3060. The van der Waals surface area contributed by atoms with Crippen molar-refractivity contribution in [2.45, 2.75) is 43.1 Å². The van der Waals surface area contributed by atoms with E-state index in [1.165, 1.54) is 78.0 Å². The number of hydrogen-bond donors (Lipinski definition) is 0. The first-order valence-corrected chi connectivity index (χ1v) is 21.9. The Morgan fingerprint density at radius 1 is 0.574 bits per heavy atom. The van der Waals surface area contributed by atoms with Gasteiger partial charge >= 0.3 is 0 Å². The molecule has 2 heteroatoms. The largest absolute Gasteiger partial charge is 0.460 e. The maximum atomic E-state index is 7.05. The molecule has 61 heavy (non-hydrogen) atoms. The second-order valence-corrected chi connectivity index (χ2v) is 16.8. The highest BCUT2D eigenvalue weighted by Gasteiger charge is 2.48. The Morgan fingerprint density at radius 3 is 2.08 bits per heavy atom. The van der Waals surface area contributed by atoms with Crippen LogP contribution in [0.4, 0.5) is 5.69 Å². The lowest BCUT2D eigenvalue weighted by molar-refractivity contribution is 0.417. The van der Waals surface area contributed by atoms with Crippen molar-refractivity contribution < 1.29 is 4.74 Å². The molecule has 0 saturated heterocycles. The Balaban J connectivity index is 1.12. The Hall–Kier alpha value is -7.16. The standard InChI is InChI=1S/C59H45NO/c1-5-20-40(21-6-1)45-28-16-18-33-54(45)60(55-34-19-35-56-57(55)51-39-50(41-22-7-2-8-23-41)46-29-13-14-31-49(46)58(51)61-56)44-36-37-48-47-30-15-17-32-52(47)59(53(48)38-44,42-24-9-3-10-25-42)43-26-11-4-12-27-43/h1-3,5-11,13-17,19-32,34-39,55,57H,4,12,18,33H2. The molecular weight excluding hydrogens is 739 g/mol. The molecule has 1 aliphatic heterocycles. The molecule has 2 nitrogen and oxygen atoms in total. The SMILES string of the molecule is C1=CC(N(C2=C(c3ccccc3)C=CCC2)c2ccc3c(c2)C(C2=CCCC=C2)(c2ccccc2)c2ccccc2-3)C2C(=C1)Oc1c2cc(-c2ccccc2)c2ccccc12. The van der Waals surface area contributed by atoms with Gasteiger partial charge < -0.3 is 9.64 Å². The summed E-state index contributed by atoms with van der Waals surface area (Å²) in [5, 5.41) is 2.36. The van der Waals surface area contributed by atoms with Crippen LogP contribution >= 0.6 is 0 Å². The van der Waals surface area contributed by atoms with Crippen molar-refractivity contribution in [3.05, 3.63) is 257 Å². The molecule has 12 rings (SSSR count). The van der Waals surface area contributed by atoms with Gasteiger partial charge in [0.05, 0.1) is 17.4 Å². The topological polar surface area (TPSA) is 12.5 Å². The van der Waals surface area contributed by atoms with Crippen molar-refractivity contribution in [3.63, 3.8) is 0 Å². The van der Waals surface area contributed by atoms with E-state index in [-0.39, 0.29) is 12.0 Å². The molecular formula is C59H45NO. The zero-order chi connectivity index (χ0) is 40.3. The fourth-order valence-corrected chi connectivity index (χ4v) is 11.1. The van der Waals surface area contributed by atoms with Crippen LogP contribution in [0.1, 0.15) is 59.4 Å². The molecule has 0 radical (unpaired) electrons. The predicted octanol–water partition coefficient (Wildman–Crippen LogP) is 14.7. The summed E-state index contributed by atoms with van der Waals surface area (Å²) < 4.78 is 7.05. The highest BCUT2D eigenvalue weighted by Crippen LogP contribution is 2.59. The van der Waals surface area contributed by atoms with E-state index < -0.39 is 5.41 Å². The summed E-state index contributed by atoms with van der Waals surface area (Å²) in [5.41, 5.74) is 16.2. The van der Waals surface area contributed by atoms with Gasteiger partial charge in [0.2, 0.25) is 0 Å². The number of fused-ring (bicyclic) bond motifs is 8. The number of hydrogen-bond acceptors (Lipinski definition) is 2. The van der Waals surface area contributed by atoms with Crippen LogP contribution in [0.15, 0.2) is 229 Å². The first-order chi connectivity index (χ1) is 30.3. The second-order valence-electron chi connectivity index (χ2n) is 16.8. The number of nitrogens with zero attached hydrogens (tertiary/aromatic N) is 1. The van der Waals surface area contributed by atoms with Crippen molar-refractivity contribution in [1.29, 1.82) is 0 Å². The first-order valence-electron chi connectivity index (χ1n) is 21.9. The molecule has 0 aromatic heterocycles. The minimum absolute atomic E-state index is 0.0317. The Morgan fingerprint density at radius 2 is 1.28 bits per heavy atom. The van der Waals surface area contributed by atoms with Gasteiger partial charge in [-0.15, -0.1) is 0 Å². The fraction of sp³-hybridized carbons (Fsp3) is 0.119. The minimum atomic E-state index is -0.463.